The second-order valence-corrected chi connectivity index (χ2v) is 1.59. The molecule has 1 rings (SSSR count). The summed E-state index contributed by atoms with van der Waals surface area (Å²) < 4.78 is 0. The minimum atomic E-state index is -0.681. The molecule has 0 aromatic carbocycles. The maximum absolute atomic E-state index is 8.56. The molecule has 0 bridgehead atoms. The Morgan fingerprint density at radius 1 is 1.67 bits per heavy atom. The fourth-order valence-electron chi connectivity index (χ4n) is 0.478. The van der Waals surface area contributed by atoms with E-state index in [9.17, 15) is 0 Å². The highest BCUT2D eigenvalue weighted by Crippen LogP contribution is 2.04. The van der Waals surface area contributed by atoms with Gasteiger partial charge in [0.05, 0.1) is 12.1 Å². The number of rotatable bonds is 0. The lowest BCUT2D eigenvalue weighted by Crippen LogP contribution is -2.02. The van der Waals surface area contributed by atoms with Crippen molar-refractivity contribution >= 4 is 5.71 Å². The molecule has 9 heavy (non-hydrogen) atoms. The van der Waals surface area contributed by atoms with Crippen LogP contribution in [0.15, 0.2) is 5.16 Å². The Morgan fingerprint density at radius 3 is 2.33 bits per heavy atom. The molecule has 0 aliphatic carbocycles. The molecule has 1 aliphatic rings. The van der Waals surface area contributed by atoms with Crippen molar-refractivity contribution in [1.29, 1.82) is 0 Å². The summed E-state index contributed by atoms with van der Waals surface area (Å²) in [5.74, 6) is 0. The van der Waals surface area contributed by atoms with Gasteiger partial charge in [0.1, 0.15) is 0 Å². The van der Waals surface area contributed by atoms with Gasteiger partial charge in [-0.05, 0) is 6.92 Å². The van der Waals surface area contributed by atoms with E-state index in [1.807, 2.05) is 20.8 Å². The standard InChI is InChI=1S/C4H7NO2.C2H6/c1-3-2-4(6)7-5-3;1-2/h4,6H,2H2,1H3;1-2H3. The van der Waals surface area contributed by atoms with Crippen molar-refractivity contribution in [2.45, 2.75) is 33.5 Å². The van der Waals surface area contributed by atoms with Crippen LogP contribution in [0.1, 0.15) is 27.2 Å². The van der Waals surface area contributed by atoms with Crippen molar-refractivity contribution in [3.05, 3.63) is 0 Å². The molecule has 54 valence electrons. The second kappa shape index (κ2) is 4.32. The summed E-state index contributed by atoms with van der Waals surface area (Å²) in [6.45, 7) is 5.82. The van der Waals surface area contributed by atoms with Crippen LogP contribution in [0.5, 0.6) is 0 Å². The first-order valence-electron chi connectivity index (χ1n) is 3.16. The van der Waals surface area contributed by atoms with Crippen LogP contribution in [0.3, 0.4) is 0 Å². The van der Waals surface area contributed by atoms with Crippen LogP contribution in [0.25, 0.3) is 0 Å². The first-order valence-corrected chi connectivity index (χ1v) is 3.16. The Morgan fingerprint density at radius 2 is 2.22 bits per heavy atom. The average molecular weight is 131 g/mol. The van der Waals surface area contributed by atoms with E-state index >= 15 is 0 Å². The molecule has 1 atom stereocenters. The summed E-state index contributed by atoms with van der Waals surface area (Å²) in [5, 5.41) is 12.0. The number of nitrogens with zero attached hydrogens (tertiary/aromatic N) is 1. The van der Waals surface area contributed by atoms with E-state index in [0.29, 0.717) is 6.42 Å². The van der Waals surface area contributed by atoms with Gasteiger partial charge in [-0.25, -0.2) is 0 Å². The molecule has 0 radical (unpaired) electrons. The van der Waals surface area contributed by atoms with E-state index in [2.05, 4.69) is 9.99 Å². The third-order valence-electron chi connectivity index (χ3n) is 0.800. The zero-order valence-electron chi connectivity index (χ0n) is 6.09. The average Bonchev–Trinajstić information content (AvgIpc) is 2.20. The van der Waals surface area contributed by atoms with Crippen molar-refractivity contribution in [3.63, 3.8) is 0 Å². The first kappa shape index (κ1) is 8.43. The summed E-state index contributed by atoms with van der Waals surface area (Å²) >= 11 is 0. The summed E-state index contributed by atoms with van der Waals surface area (Å²) in [6, 6.07) is 0. The van der Waals surface area contributed by atoms with Gasteiger partial charge in [0.15, 0.2) is 0 Å². The summed E-state index contributed by atoms with van der Waals surface area (Å²) in [7, 11) is 0. The van der Waals surface area contributed by atoms with Crippen molar-refractivity contribution in [1.82, 2.24) is 0 Å². The van der Waals surface area contributed by atoms with E-state index in [1.165, 1.54) is 0 Å². The second-order valence-electron chi connectivity index (χ2n) is 1.59. The van der Waals surface area contributed by atoms with Gasteiger partial charge < -0.3 is 9.94 Å². The van der Waals surface area contributed by atoms with Crippen molar-refractivity contribution in [3.8, 4) is 0 Å². The molecule has 1 aliphatic heterocycles. The third-order valence-corrected chi connectivity index (χ3v) is 0.800. The summed E-state index contributed by atoms with van der Waals surface area (Å²) in [4.78, 5) is 4.41. The van der Waals surface area contributed by atoms with Crippen LogP contribution in [-0.2, 0) is 4.84 Å². The number of hydrogen-bond acceptors (Lipinski definition) is 3. The molecule has 1 heterocycles. The zero-order chi connectivity index (χ0) is 7.28. The molecule has 3 heteroatoms. The van der Waals surface area contributed by atoms with Gasteiger partial charge >= 0.3 is 0 Å². The van der Waals surface area contributed by atoms with Crippen molar-refractivity contribution in [2.24, 2.45) is 5.16 Å². The SMILES string of the molecule is CC.CC1=NOC(O)C1. The molecule has 0 spiro atoms. The molecule has 0 amide bonds. The van der Waals surface area contributed by atoms with E-state index in [4.69, 9.17) is 5.11 Å². The molecule has 3 nitrogen and oxygen atoms in total. The molecular formula is C6H13NO2. The maximum atomic E-state index is 8.56. The van der Waals surface area contributed by atoms with E-state index in [1.54, 1.807) is 0 Å². The van der Waals surface area contributed by atoms with E-state index < -0.39 is 6.29 Å². The maximum Gasteiger partial charge on any atom is 0.229 e. The first-order chi connectivity index (χ1) is 4.29. The van der Waals surface area contributed by atoms with E-state index in [0.717, 1.165) is 5.71 Å². The summed E-state index contributed by atoms with van der Waals surface area (Å²) in [5.41, 5.74) is 0.854. The minimum Gasteiger partial charge on any atom is -0.364 e. The van der Waals surface area contributed by atoms with Gasteiger partial charge in [-0.2, -0.15) is 0 Å². The highest BCUT2D eigenvalue weighted by atomic mass is 16.7. The van der Waals surface area contributed by atoms with Gasteiger partial charge in [-0.1, -0.05) is 19.0 Å². The molecule has 0 saturated carbocycles. The molecular weight excluding hydrogens is 118 g/mol. The predicted octanol–water partition coefficient (Wildman–Crippen LogP) is 1.13. The van der Waals surface area contributed by atoms with Crippen LogP contribution in [0.2, 0.25) is 0 Å². The van der Waals surface area contributed by atoms with Crippen molar-refractivity contribution in [2.75, 3.05) is 0 Å². The number of aliphatic hydroxyl groups is 1. The van der Waals surface area contributed by atoms with Gasteiger partial charge in [0.2, 0.25) is 6.29 Å². The van der Waals surface area contributed by atoms with Crippen LogP contribution in [0.4, 0.5) is 0 Å². The van der Waals surface area contributed by atoms with Crippen LogP contribution >= 0.6 is 0 Å². The Bertz CT molecular complexity index is 101. The molecule has 1 unspecified atom stereocenters. The van der Waals surface area contributed by atoms with Crippen molar-refractivity contribution < 1.29 is 9.94 Å². The van der Waals surface area contributed by atoms with Gasteiger partial charge in [-0.15, -0.1) is 0 Å². The van der Waals surface area contributed by atoms with Crippen LogP contribution < -0.4 is 0 Å². The smallest absolute Gasteiger partial charge is 0.229 e. The molecule has 0 fully saturated rings. The molecule has 1 N–H and O–H groups in total. The number of oxime groups is 1. The lowest BCUT2D eigenvalue weighted by molar-refractivity contribution is -0.0762. The molecule has 0 aromatic rings. The highest BCUT2D eigenvalue weighted by Gasteiger charge is 2.12. The summed E-state index contributed by atoms with van der Waals surface area (Å²) in [6.07, 6.45) is -0.125. The quantitative estimate of drug-likeness (QED) is 0.535. The van der Waals surface area contributed by atoms with E-state index in [-0.39, 0.29) is 0 Å². The van der Waals surface area contributed by atoms with Crippen LogP contribution in [0, 0.1) is 0 Å². The highest BCUT2D eigenvalue weighted by molar-refractivity contribution is 5.82. The number of aliphatic hydroxyl groups excluding tert-OH is 1. The fourth-order valence-corrected chi connectivity index (χ4v) is 0.478. The zero-order valence-corrected chi connectivity index (χ0v) is 6.09. The predicted molar refractivity (Wildman–Crippen MR) is 36.2 cm³/mol. The van der Waals surface area contributed by atoms with Gasteiger partial charge in [0.25, 0.3) is 0 Å². The Hall–Kier alpha value is -0.570. The largest absolute Gasteiger partial charge is 0.364 e. The minimum absolute atomic E-state index is 0.556. The Labute approximate surface area is 55.3 Å². The topological polar surface area (TPSA) is 41.8 Å². The fraction of sp³-hybridized carbons (Fsp3) is 0.833. The lowest BCUT2D eigenvalue weighted by Gasteiger charge is -1.92. The third kappa shape index (κ3) is 3.08. The Kier molecular flexibility index (Phi) is 4.05. The van der Waals surface area contributed by atoms with Crippen LogP contribution in [-0.4, -0.2) is 17.1 Å². The van der Waals surface area contributed by atoms with Gasteiger partial charge in [0, 0.05) is 0 Å². The number of hydrogen-bond donors (Lipinski definition) is 1. The molecule has 0 aromatic heterocycles. The lowest BCUT2D eigenvalue weighted by atomic mass is 10.3. The van der Waals surface area contributed by atoms with Gasteiger partial charge in [-0.3, -0.25) is 0 Å². The Balaban J connectivity index is 0.000000291. The monoisotopic (exact) mass is 131 g/mol. The molecule has 0 saturated heterocycles. The normalized spacial score (nSPS) is 23.6.